The molecule has 0 radical (unpaired) electrons. The lowest BCUT2D eigenvalue weighted by Crippen LogP contribution is -2.47. The van der Waals surface area contributed by atoms with Gasteiger partial charge in [0.05, 0.1) is 6.61 Å². The number of likely N-dealkylation sites (N-methyl/N-ethyl adjacent to an activating group) is 1. The highest BCUT2D eigenvalue weighted by Crippen LogP contribution is 2.16. The summed E-state index contributed by atoms with van der Waals surface area (Å²) >= 11 is 0. The number of piperidine rings is 1. The van der Waals surface area contributed by atoms with Crippen LogP contribution in [0, 0.1) is 11.3 Å². The lowest BCUT2D eigenvalue weighted by molar-refractivity contribution is -0.128. The van der Waals surface area contributed by atoms with Crippen molar-refractivity contribution in [2.75, 3.05) is 60.0 Å². The Balaban J connectivity index is 1.92. The molecule has 0 spiro atoms. The van der Waals surface area contributed by atoms with Gasteiger partial charge in [-0.2, -0.15) is 5.26 Å². The van der Waals surface area contributed by atoms with Crippen molar-refractivity contribution in [2.45, 2.75) is 25.8 Å². The molecule has 2 aliphatic heterocycles. The Bertz CT molecular complexity index is 570. The molecule has 2 amide bonds. The van der Waals surface area contributed by atoms with Crippen molar-refractivity contribution >= 4 is 12.0 Å². The zero-order chi connectivity index (χ0) is 19.1. The van der Waals surface area contributed by atoms with Gasteiger partial charge in [-0.3, -0.25) is 4.79 Å². The molecular formula is C18H29N5O3. The van der Waals surface area contributed by atoms with E-state index in [2.05, 4.69) is 11.9 Å². The van der Waals surface area contributed by atoms with Gasteiger partial charge >= 0.3 is 6.09 Å². The molecule has 2 fully saturated rings. The second-order valence-electron chi connectivity index (χ2n) is 6.83. The smallest absolute Gasteiger partial charge is 0.409 e. The molecular weight excluding hydrogens is 334 g/mol. The monoisotopic (exact) mass is 363 g/mol. The molecule has 0 bridgehead atoms. The minimum absolute atomic E-state index is 0.149. The van der Waals surface area contributed by atoms with Gasteiger partial charge < -0.3 is 24.3 Å². The molecule has 26 heavy (non-hydrogen) atoms. The van der Waals surface area contributed by atoms with E-state index in [9.17, 15) is 14.9 Å². The molecule has 0 aromatic rings. The van der Waals surface area contributed by atoms with Crippen LogP contribution in [-0.2, 0) is 9.53 Å². The zero-order valence-corrected chi connectivity index (χ0v) is 16.0. The average Bonchev–Trinajstić information content (AvgIpc) is 2.66. The van der Waals surface area contributed by atoms with Gasteiger partial charge in [-0.15, -0.1) is 0 Å². The molecule has 0 aromatic carbocycles. The first kappa shape index (κ1) is 20.0. The largest absolute Gasteiger partial charge is 0.450 e. The van der Waals surface area contributed by atoms with E-state index in [0.717, 1.165) is 25.9 Å². The number of hydrogen-bond acceptors (Lipinski definition) is 6. The van der Waals surface area contributed by atoms with Crippen LogP contribution in [0.3, 0.4) is 0 Å². The van der Waals surface area contributed by atoms with Gasteiger partial charge in [0.15, 0.2) is 0 Å². The summed E-state index contributed by atoms with van der Waals surface area (Å²) in [5.41, 5.74) is 0.149. The van der Waals surface area contributed by atoms with Crippen LogP contribution in [0.4, 0.5) is 4.79 Å². The Morgan fingerprint density at radius 3 is 2.35 bits per heavy atom. The van der Waals surface area contributed by atoms with Gasteiger partial charge in [-0.25, -0.2) is 4.79 Å². The lowest BCUT2D eigenvalue weighted by Gasteiger charge is -2.36. The molecule has 0 aliphatic carbocycles. The second-order valence-corrected chi connectivity index (χ2v) is 6.83. The summed E-state index contributed by atoms with van der Waals surface area (Å²) in [5.74, 6) is -0.227. The molecule has 2 aliphatic rings. The molecule has 2 saturated heterocycles. The fourth-order valence-corrected chi connectivity index (χ4v) is 3.30. The van der Waals surface area contributed by atoms with E-state index >= 15 is 0 Å². The highest BCUT2D eigenvalue weighted by Gasteiger charge is 2.27. The summed E-state index contributed by atoms with van der Waals surface area (Å²) in [5, 5.41) is 9.44. The maximum atomic E-state index is 12.7. The van der Waals surface area contributed by atoms with Crippen LogP contribution in [0.1, 0.15) is 19.8 Å². The number of rotatable bonds is 4. The fourth-order valence-electron chi connectivity index (χ4n) is 3.30. The first-order chi connectivity index (χ1) is 12.5. The molecule has 0 unspecified atom stereocenters. The average molecular weight is 363 g/mol. The second kappa shape index (κ2) is 9.43. The molecule has 2 heterocycles. The van der Waals surface area contributed by atoms with Crippen molar-refractivity contribution in [3.8, 4) is 6.07 Å². The lowest BCUT2D eigenvalue weighted by atomic mass is 10.0. The van der Waals surface area contributed by atoms with Crippen LogP contribution in [0.25, 0.3) is 0 Å². The molecule has 0 N–H and O–H groups in total. The summed E-state index contributed by atoms with van der Waals surface area (Å²) in [6.07, 6.45) is 3.18. The van der Waals surface area contributed by atoms with E-state index in [1.165, 1.54) is 0 Å². The Kier molecular flexibility index (Phi) is 7.27. The predicted octanol–water partition coefficient (Wildman–Crippen LogP) is 0.721. The maximum absolute atomic E-state index is 12.7. The molecule has 8 heteroatoms. The van der Waals surface area contributed by atoms with Gasteiger partial charge in [-0.1, -0.05) is 0 Å². The Hall–Kier alpha value is -2.27. The summed E-state index contributed by atoms with van der Waals surface area (Å²) in [6, 6.07) is 2.22. The number of likely N-dealkylation sites (tertiary alicyclic amines) is 1. The number of carbonyl (C=O) groups excluding carboxylic acids is 2. The van der Waals surface area contributed by atoms with Gasteiger partial charge in [0.1, 0.15) is 11.6 Å². The van der Waals surface area contributed by atoms with Gasteiger partial charge in [0.2, 0.25) is 0 Å². The first-order valence-corrected chi connectivity index (χ1v) is 9.19. The third-order valence-corrected chi connectivity index (χ3v) is 5.06. The number of nitrogens with zero attached hydrogens (tertiary/aromatic N) is 5. The molecule has 0 saturated carbocycles. The van der Waals surface area contributed by atoms with Crippen molar-refractivity contribution < 1.29 is 14.3 Å². The quantitative estimate of drug-likeness (QED) is 0.541. The first-order valence-electron chi connectivity index (χ1n) is 9.19. The number of amides is 2. The summed E-state index contributed by atoms with van der Waals surface area (Å²) in [7, 11) is 3.86. The maximum Gasteiger partial charge on any atom is 0.409 e. The van der Waals surface area contributed by atoms with Gasteiger partial charge in [0.25, 0.3) is 5.91 Å². The summed E-state index contributed by atoms with van der Waals surface area (Å²) < 4.78 is 5.00. The highest BCUT2D eigenvalue weighted by molar-refractivity contribution is 5.97. The Morgan fingerprint density at radius 2 is 1.81 bits per heavy atom. The number of hydrogen-bond donors (Lipinski definition) is 0. The van der Waals surface area contributed by atoms with Crippen LogP contribution in [0.15, 0.2) is 11.8 Å². The van der Waals surface area contributed by atoms with Gasteiger partial charge in [0, 0.05) is 45.5 Å². The third kappa shape index (κ3) is 5.11. The highest BCUT2D eigenvalue weighted by atomic mass is 16.6. The minimum Gasteiger partial charge on any atom is -0.450 e. The Labute approximate surface area is 155 Å². The standard InChI is InChI=1S/C18H29N5O3/c1-4-26-18(25)23-11-9-22(10-12-23)14-15(13-19)17(24)21(3)16-5-7-20(2)8-6-16/h14,16H,4-12H2,1-3H3/b15-14-. The Morgan fingerprint density at radius 1 is 1.19 bits per heavy atom. The van der Waals surface area contributed by atoms with E-state index in [4.69, 9.17) is 4.74 Å². The molecule has 8 nitrogen and oxygen atoms in total. The van der Waals surface area contributed by atoms with Crippen LogP contribution >= 0.6 is 0 Å². The predicted molar refractivity (Wildman–Crippen MR) is 97.2 cm³/mol. The summed E-state index contributed by atoms with van der Waals surface area (Å²) in [6.45, 7) is 6.26. The van der Waals surface area contributed by atoms with E-state index in [-0.39, 0.29) is 23.6 Å². The van der Waals surface area contributed by atoms with Gasteiger partial charge in [-0.05, 0) is 39.9 Å². The van der Waals surface area contributed by atoms with E-state index in [1.807, 2.05) is 11.0 Å². The minimum atomic E-state index is -0.310. The van der Waals surface area contributed by atoms with Crippen molar-refractivity contribution in [3.63, 3.8) is 0 Å². The van der Waals surface area contributed by atoms with E-state index < -0.39 is 0 Å². The topological polar surface area (TPSA) is 80.1 Å². The van der Waals surface area contributed by atoms with E-state index in [0.29, 0.717) is 32.8 Å². The molecule has 2 rings (SSSR count). The normalized spacial score (nSPS) is 19.8. The van der Waals surface area contributed by atoms with Crippen LogP contribution < -0.4 is 0 Å². The zero-order valence-electron chi connectivity index (χ0n) is 16.0. The SMILES string of the molecule is CCOC(=O)N1CCN(/C=C(/C#N)C(=O)N(C)C2CCN(C)CC2)CC1. The molecule has 0 atom stereocenters. The van der Waals surface area contributed by atoms with E-state index in [1.54, 1.807) is 30.0 Å². The van der Waals surface area contributed by atoms with Crippen LogP contribution in [0.2, 0.25) is 0 Å². The van der Waals surface area contributed by atoms with Crippen molar-refractivity contribution in [3.05, 3.63) is 11.8 Å². The third-order valence-electron chi connectivity index (χ3n) is 5.06. The molecule has 144 valence electrons. The van der Waals surface area contributed by atoms with Crippen molar-refractivity contribution in [1.29, 1.82) is 5.26 Å². The van der Waals surface area contributed by atoms with Crippen molar-refractivity contribution in [2.24, 2.45) is 0 Å². The number of nitriles is 1. The van der Waals surface area contributed by atoms with Crippen molar-refractivity contribution in [1.82, 2.24) is 19.6 Å². The number of ether oxygens (including phenoxy) is 1. The molecule has 0 aromatic heterocycles. The summed E-state index contributed by atoms with van der Waals surface area (Å²) in [4.78, 5) is 32.0. The van der Waals surface area contributed by atoms with Crippen LogP contribution in [0.5, 0.6) is 0 Å². The number of carbonyl (C=O) groups is 2. The fraction of sp³-hybridized carbons (Fsp3) is 0.722. The number of piperazine rings is 1. The van der Waals surface area contributed by atoms with Crippen LogP contribution in [-0.4, -0.2) is 97.6 Å².